The van der Waals surface area contributed by atoms with E-state index in [1.54, 1.807) is 0 Å². The van der Waals surface area contributed by atoms with E-state index in [1.165, 1.54) is 10.8 Å². The number of aromatic nitrogens is 1. The van der Waals surface area contributed by atoms with Gasteiger partial charge in [0.05, 0.1) is 16.7 Å². The van der Waals surface area contributed by atoms with Gasteiger partial charge >= 0.3 is 0 Å². The minimum absolute atomic E-state index is 0.901. The SMILES string of the molecule is c1ccc2c(c1)oc1cc3c4ccccc4n(-c4cccc5c4oc4ccccc45)c3cc12. The molecule has 0 amide bonds. The Labute approximate surface area is 188 Å². The summed E-state index contributed by atoms with van der Waals surface area (Å²) in [6.07, 6.45) is 0. The molecule has 154 valence electrons. The molecule has 0 atom stereocenters. The van der Waals surface area contributed by atoms with E-state index in [1.807, 2.05) is 24.3 Å². The zero-order valence-corrected chi connectivity index (χ0v) is 17.6. The second-order valence-corrected chi connectivity index (χ2v) is 8.57. The predicted molar refractivity (Wildman–Crippen MR) is 135 cm³/mol. The molecular formula is C30H17NO2. The Hall–Kier alpha value is -4.50. The maximum Gasteiger partial charge on any atom is 0.159 e. The van der Waals surface area contributed by atoms with Gasteiger partial charge in [0.25, 0.3) is 0 Å². The molecule has 0 bridgehead atoms. The summed E-state index contributed by atoms with van der Waals surface area (Å²) in [6, 6.07) is 35.9. The van der Waals surface area contributed by atoms with Crippen molar-refractivity contribution in [3.63, 3.8) is 0 Å². The van der Waals surface area contributed by atoms with Crippen molar-refractivity contribution in [2.75, 3.05) is 0 Å². The van der Waals surface area contributed by atoms with Gasteiger partial charge < -0.3 is 13.4 Å². The Morgan fingerprint density at radius 3 is 1.94 bits per heavy atom. The maximum atomic E-state index is 6.41. The number of hydrogen-bond acceptors (Lipinski definition) is 2. The highest BCUT2D eigenvalue weighted by Gasteiger charge is 2.19. The van der Waals surface area contributed by atoms with Crippen LogP contribution in [0.5, 0.6) is 0 Å². The smallest absolute Gasteiger partial charge is 0.159 e. The van der Waals surface area contributed by atoms with Crippen LogP contribution in [0.15, 0.2) is 112 Å². The highest BCUT2D eigenvalue weighted by molar-refractivity contribution is 6.18. The highest BCUT2D eigenvalue weighted by atomic mass is 16.3. The molecule has 8 aromatic rings. The standard InChI is InChI=1S/C30H17NO2/c1-4-12-24-18(8-1)22-17-29-23(20-10-3-5-14-27(20)32-29)16-26(22)31(24)25-13-7-11-21-19-9-2-6-15-28(19)33-30(21)25/h1-17H. The van der Waals surface area contributed by atoms with E-state index in [-0.39, 0.29) is 0 Å². The van der Waals surface area contributed by atoms with Crippen LogP contribution in [0.25, 0.3) is 71.4 Å². The molecule has 3 nitrogen and oxygen atoms in total. The fraction of sp³-hybridized carbons (Fsp3) is 0. The number of para-hydroxylation sites is 4. The zero-order chi connectivity index (χ0) is 21.5. The molecule has 0 saturated carbocycles. The van der Waals surface area contributed by atoms with Crippen LogP contribution < -0.4 is 0 Å². The molecule has 0 aliphatic rings. The first-order valence-corrected chi connectivity index (χ1v) is 11.1. The molecule has 0 aliphatic heterocycles. The van der Waals surface area contributed by atoms with Crippen molar-refractivity contribution < 1.29 is 8.83 Å². The molecule has 5 aromatic carbocycles. The van der Waals surface area contributed by atoms with Crippen LogP contribution in [0.2, 0.25) is 0 Å². The van der Waals surface area contributed by atoms with Crippen molar-refractivity contribution in [2.24, 2.45) is 0 Å². The van der Waals surface area contributed by atoms with E-state index in [4.69, 9.17) is 8.83 Å². The number of nitrogens with zero attached hydrogens (tertiary/aromatic N) is 1. The topological polar surface area (TPSA) is 31.2 Å². The summed E-state index contributed by atoms with van der Waals surface area (Å²) in [7, 11) is 0. The number of hydrogen-bond donors (Lipinski definition) is 0. The van der Waals surface area contributed by atoms with Gasteiger partial charge in [-0.1, -0.05) is 66.7 Å². The summed E-state index contributed by atoms with van der Waals surface area (Å²) in [5.41, 5.74) is 6.97. The number of benzene rings is 5. The van der Waals surface area contributed by atoms with Crippen LogP contribution in [0, 0.1) is 0 Å². The van der Waals surface area contributed by atoms with E-state index in [9.17, 15) is 0 Å². The Kier molecular flexibility index (Phi) is 3.14. The molecule has 0 aliphatic carbocycles. The molecule has 0 fully saturated rings. The van der Waals surface area contributed by atoms with Gasteiger partial charge in [-0.2, -0.15) is 0 Å². The summed E-state index contributed by atoms with van der Waals surface area (Å²) < 4.78 is 14.9. The lowest BCUT2D eigenvalue weighted by molar-refractivity contribution is 0.666. The zero-order valence-electron chi connectivity index (χ0n) is 17.6. The van der Waals surface area contributed by atoms with Crippen molar-refractivity contribution in [3.8, 4) is 5.69 Å². The molecule has 0 unspecified atom stereocenters. The molecule has 3 heteroatoms. The minimum Gasteiger partial charge on any atom is -0.456 e. The average molecular weight is 423 g/mol. The van der Waals surface area contributed by atoms with Crippen molar-refractivity contribution in [2.45, 2.75) is 0 Å². The molecule has 3 aromatic heterocycles. The molecule has 0 spiro atoms. The van der Waals surface area contributed by atoms with Crippen molar-refractivity contribution >= 4 is 65.7 Å². The molecule has 33 heavy (non-hydrogen) atoms. The monoisotopic (exact) mass is 423 g/mol. The first-order chi connectivity index (χ1) is 16.4. The molecule has 0 N–H and O–H groups in total. The number of fused-ring (bicyclic) bond motifs is 9. The first kappa shape index (κ1) is 17.1. The van der Waals surface area contributed by atoms with Crippen LogP contribution in [0.1, 0.15) is 0 Å². The second-order valence-electron chi connectivity index (χ2n) is 8.57. The molecule has 0 saturated heterocycles. The fourth-order valence-electron chi connectivity index (χ4n) is 5.35. The molecule has 8 rings (SSSR count). The molecule has 0 radical (unpaired) electrons. The average Bonchev–Trinajstić information content (AvgIpc) is 3.52. The van der Waals surface area contributed by atoms with Gasteiger partial charge in [-0.3, -0.25) is 0 Å². The summed E-state index contributed by atoms with van der Waals surface area (Å²) in [5, 5.41) is 6.89. The molecule has 3 heterocycles. The first-order valence-electron chi connectivity index (χ1n) is 11.1. The van der Waals surface area contributed by atoms with Crippen LogP contribution >= 0.6 is 0 Å². The van der Waals surface area contributed by atoms with Crippen molar-refractivity contribution in [3.05, 3.63) is 103 Å². The third kappa shape index (κ3) is 2.18. The van der Waals surface area contributed by atoms with Gasteiger partial charge in [-0.15, -0.1) is 0 Å². The van der Waals surface area contributed by atoms with E-state index in [0.29, 0.717) is 0 Å². The van der Waals surface area contributed by atoms with E-state index < -0.39 is 0 Å². The predicted octanol–water partition coefficient (Wildman–Crippen LogP) is 8.58. The van der Waals surface area contributed by atoms with Gasteiger partial charge in [0.15, 0.2) is 5.58 Å². The Morgan fingerprint density at radius 1 is 0.424 bits per heavy atom. The van der Waals surface area contributed by atoms with E-state index in [2.05, 4.69) is 83.4 Å². The second kappa shape index (κ2) is 6.05. The fourth-order valence-corrected chi connectivity index (χ4v) is 5.35. The normalized spacial score (nSPS) is 12.2. The van der Waals surface area contributed by atoms with Crippen LogP contribution in [-0.2, 0) is 0 Å². The maximum absolute atomic E-state index is 6.41. The number of furan rings is 2. The number of rotatable bonds is 1. The quantitative estimate of drug-likeness (QED) is 0.265. The van der Waals surface area contributed by atoms with Crippen LogP contribution in [-0.4, -0.2) is 4.57 Å². The summed E-state index contributed by atoms with van der Waals surface area (Å²) in [6.45, 7) is 0. The largest absolute Gasteiger partial charge is 0.456 e. The van der Waals surface area contributed by atoms with Gasteiger partial charge in [0, 0.05) is 32.3 Å². The lowest BCUT2D eigenvalue weighted by Crippen LogP contribution is -1.94. The van der Waals surface area contributed by atoms with Gasteiger partial charge in [0.2, 0.25) is 0 Å². The lowest BCUT2D eigenvalue weighted by atomic mass is 10.1. The van der Waals surface area contributed by atoms with Gasteiger partial charge in [-0.25, -0.2) is 0 Å². The molecular weight excluding hydrogens is 406 g/mol. The Bertz CT molecular complexity index is 2030. The third-order valence-corrected chi connectivity index (χ3v) is 6.80. The van der Waals surface area contributed by atoms with E-state index >= 15 is 0 Å². The van der Waals surface area contributed by atoms with Crippen LogP contribution in [0.3, 0.4) is 0 Å². The highest BCUT2D eigenvalue weighted by Crippen LogP contribution is 2.40. The lowest BCUT2D eigenvalue weighted by Gasteiger charge is -2.08. The Morgan fingerprint density at radius 2 is 1.09 bits per heavy atom. The van der Waals surface area contributed by atoms with Gasteiger partial charge in [-0.05, 0) is 36.4 Å². The summed E-state index contributed by atoms with van der Waals surface area (Å²) in [5.74, 6) is 0. The van der Waals surface area contributed by atoms with Crippen LogP contribution in [0.4, 0.5) is 0 Å². The Balaban J connectivity index is 1.58. The summed E-state index contributed by atoms with van der Waals surface area (Å²) in [4.78, 5) is 0. The van der Waals surface area contributed by atoms with Crippen molar-refractivity contribution in [1.82, 2.24) is 4.57 Å². The van der Waals surface area contributed by atoms with Crippen molar-refractivity contribution in [1.29, 1.82) is 0 Å². The third-order valence-electron chi connectivity index (χ3n) is 6.80. The van der Waals surface area contributed by atoms with Gasteiger partial charge in [0.1, 0.15) is 16.7 Å². The summed E-state index contributed by atoms with van der Waals surface area (Å²) >= 11 is 0. The van der Waals surface area contributed by atoms with E-state index in [0.717, 1.165) is 60.6 Å². The minimum atomic E-state index is 0.901.